The summed E-state index contributed by atoms with van der Waals surface area (Å²) in [6, 6.07) is 19.3. The summed E-state index contributed by atoms with van der Waals surface area (Å²) < 4.78 is 5.32. The highest BCUT2D eigenvalue weighted by molar-refractivity contribution is 7.15. The van der Waals surface area contributed by atoms with Crippen LogP contribution in [0.5, 0.6) is 0 Å². The van der Waals surface area contributed by atoms with E-state index in [0.717, 1.165) is 16.1 Å². The molecule has 3 rings (SSSR count). The second-order valence-electron chi connectivity index (χ2n) is 5.43. The van der Waals surface area contributed by atoms with Gasteiger partial charge in [-0.05, 0) is 24.1 Å². The van der Waals surface area contributed by atoms with Crippen molar-refractivity contribution in [3.05, 3.63) is 76.8 Å². The van der Waals surface area contributed by atoms with Crippen molar-refractivity contribution < 1.29 is 9.53 Å². The van der Waals surface area contributed by atoms with E-state index in [-0.39, 0.29) is 5.91 Å². The van der Waals surface area contributed by atoms with Crippen LogP contribution < -0.4 is 5.32 Å². The van der Waals surface area contributed by atoms with Crippen molar-refractivity contribution in [3.63, 3.8) is 0 Å². The lowest BCUT2D eigenvalue weighted by Crippen LogP contribution is -2.13. The SMILES string of the molecule is CCOCc1nnc(NC(=O)C(=Cc2ccccc2)c2ccccc2)s1. The molecule has 3 aromatic rings. The van der Waals surface area contributed by atoms with E-state index in [9.17, 15) is 4.79 Å². The van der Waals surface area contributed by atoms with Crippen molar-refractivity contribution in [3.8, 4) is 0 Å². The Morgan fingerprint density at radius 3 is 2.46 bits per heavy atom. The van der Waals surface area contributed by atoms with Crippen LogP contribution in [0.15, 0.2) is 60.7 Å². The first-order valence-electron chi connectivity index (χ1n) is 8.30. The summed E-state index contributed by atoms with van der Waals surface area (Å²) in [5, 5.41) is 12.1. The van der Waals surface area contributed by atoms with Crippen LogP contribution in [0.4, 0.5) is 5.13 Å². The number of carbonyl (C=O) groups is 1. The van der Waals surface area contributed by atoms with Gasteiger partial charge in [0.2, 0.25) is 5.13 Å². The molecule has 0 aliphatic heterocycles. The Kier molecular flexibility index (Phi) is 6.24. The number of rotatable bonds is 7. The number of amides is 1. The molecule has 1 heterocycles. The van der Waals surface area contributed by atoms with Gasteiger partial charge >= 0.3 is 0 Å². The van der Waals surface area contributed by atoms with Gasteiger partial charge in [0.05, 0.1) is 0 Å². The zero-order chi connectivity index (χ0) is 18.2. The highest BCUT2D eigenvalue weighted by atomic mass is 32.1. The van der Waals surface area contributed by atoms with E-state index in [2.05, 4.69) is 15.5 Å². The summed E-state index contributed by atoms with van der Waals surface area (Å²) in [5.41, 5.74) is 2.36. The number of hydrogen-bond donors (Lipinski definition) is 1. The maximum Gasteiger partial charge on any atom is 0.258 e. The zero-order valence-electron chi connectivity index (χ0n) is 14.4. The first-order chi connectivity index (χ1) is 12.8. The van der Waals surface area contributed by atoms with Crippen molar-refractivity contribution in [1.82, 2.24) is 10.2 Å². The fourth-order valence-corrected chi connectivity index (χ4v) is 3.00. The molecule has 0 aliphatic carbocycles. The molecule has 0 unspecified atom stereocenters. The molecule has 6 heteroatoms. The summed E-state index contributed by atoms with van der Waals surface area (Å²) in [5.74, 6) is -0.223. The molecule has 26 heavy (non-hydrogen) atoms. The first kappa shape index (κ1) is 18.0. The summed E-state index contributed by atoms with van der Waals surface area (Å²) in [7, 11) is 0. The molecule has 0 atom stereocenters. The van der Waals surface area contributed by atoms with Crippen molar-refractivity contribution in [2.24, 2.45) is 0 Å². The number of benzene rings is 2. The molecule has 0 saturated carbocycles. The molecule has 0 saturated heterocycles. The third kappa shape index (κ3) is 4.84. The van der Waals surface area contributed by atoms with Crippen LogP contribution in [0.3, 0.4) is 0 Å². The number of nitrogens with zero attached hydrogens (tertiary/aromatic N) is 2. The molecule has 1 N–H and O–H groups in total. The average molecular weight is 365 g/mol. The minimum absolute atomic E-state index is 0.223. The number of aromatic nitrogens is 2. The molecule has 0 fully saturated rings. The van der Waals surface area contributed by atoms with Crippen LogP contribution >= 0.6 is 11.3 Å². The van der Waals surface area contributed by atoms with Crippen molar-refractivity contribution in [2.45, 2.75) is 13.5 Å². The maximum absolute atomic E-state index is 12.9. The molecule has 0 radical (unpaired) electrons. The van der Waals surface area contributed by atoms with E-state index in [1.807, 2.05) is 73.7 Å². The predicted octanol–water partition coefficient (Wildman–Crippen LogP) is 4.25. The van der Waals surface area contributed by atoms with E-state index in [0.29, 0.717) is 23.9 Å². The minimum Gasteiger partial charge on any atom is -0.374 e. The summed E-state index contributed by atoms with van der Waals surface area (Å²) in [6.45, 7) is 2.93. The predicted molar refractivity (Wildman–Crippen MR) is 105 cm³/mol. The van der Waals surface area contributed by atoms with E-state index in [1.54, 1.807) is 0 Å². The highest BCUT2D eigenvalue weighted by Crippen LogP contribution is 2.22. The molecule has 5 nitrogen and oxygen atoms in total. The molecular formula is C20H19N3O2S. The Balaban J connectivity index is 1.84. The second-order valence-corrected chi connectivity index (χ2v) is 6.49. The van der Waals surface area contributed by atoms with Crippen molar-refractivity contribution >= 4 is 34.0 Å². The van der Waals surface area contributed by atoms with Gasteiger partial charge in [-0.25, -0.2) is 0 Å². The fourth-order valence-electron chi connectivity index (χ4n) is 2.33. The number of hydrogen-bond acceptors (Lipinski definition) is 5. The van der Waals surface area contributed by atoms with Crippen LogP contribution in [0.2, 0.25) is 0 Å². The summed E-state index contributed by atoms with van der Waals surface area (Å²) in [4.78, 5) is 12.9. The second kappa shape index (κ2) is 9.03. The number of anilines is 1. The summed E-state index contributed by atoms with van der Waals surface area (Å²) >= 11 is 1.31. The fraction of sp³-hybridized carbons (Fsp3) is 0.150. The van der Waals surface area contributed by atoms with Crippen LogP contribution in [-0.4, -0.2) is 22.7 Å². The Bertz CT molecular complexity index is 876. The van der Waals surface area contributed by atoms with Gasteiger partial charge in [-0.3, -0.25) is 10.1 Å². The lowest BCUT2D eigenvalue weighted by Gasteiger charge is -2.07. The van der Waals surface area contributed by atoms with Gasteiger partial charge in [0.25, 0.3) is 5.91 Å². The minimum atomic E-state index is -0.223. The quantitative estimate of drug-likeness (QED) is 0.502. The number of nitrogens with one attached hydrogen (secondary N) is 1. The van der Waals surface area contributed by atoms with Gasteiger partial charge < -0.3 is 4.74 Å². The van der Waals surface area contributed by atoms with Crippen LogP contribution in [0, 0.1) is 0 Å². The third-order valence-electron chi connectivity index (χ3n) is 3.56. The number of carbonyl (C=O) groups excluding carboxylic acids is 1. The van der Waals surface area contributed by atoms with Gasteiger partial charge in [0.15, 0.2) is 0 Å². The van der Waals surface area contributed by atoms with Gasteiger partial charge in [0.1, 0.15) is 11.6 Å². The summed E-state index contributed by atoms with van der Waals surface area (Å²) in [6.07, 6.45) is 1.87. The molecule has 0 bridgehead atoms. The Hall–Kier alpha value is -2.83. The normalized spacial score (nSPS) is 11.3. The van der Waals surface area contributed by atoms with E-state index >= 15 is 0 Å². The first-order valence-corrected chi connectivity index (χ1v) is 9.11. The smallest absolute Gasteiger partial charge is 0.258 e. The molecular weight excluding hydrogens is 346 g/mol. The van der Waals surface area contributed by atoms with Crippen LogP contribution in [0.25, 0.3) is 11.6 Å². The zero-order valence-corrected chi connectivity index (χ0v) is 15.2. The maximum atomic E-state index is 12.9. The highest BCUT2D eigenvalue weighted by Gasteiger charge is 2.15. The van der Waals surface area contributed by atoms with E-state index in [1.165, 1.54) is 11.3 Å². The van der Waals surface area contributed by atoms with E-state index < -0.39 is 0 Å². The lowest BCUT2D eigenvalue weighted by molar-refractivity contribution is -0.111. The van der Waals surface area contributed by atoms with Crippen molar-refractivity contribution in [1.29, 1.82) is 0 Å². The Labute approximate surface area is 156 Å². The Morgan fingerprint density at radius 1 is 1.08 bits per heavy atom. The van der Waals surface area contributed by atoms with E-state index in [4.69, 9.17) is 4.74 Å². The van der Waals surface area contributed by atoms with Crippen molar-refractivity contribution in [2.75, 3.05) is 11.9 Å². The molecule has 0 spiro atoms. The monoisotopic (exact) mass is 365 g/mol. The van der Waals surface area contributed by atoms with Gasteiger partial charge in [-0.2, -0.15) is 0 Å². The van der Waals surface area contributed by atoms with Gasteiger partial charge in [0, 0.05) is 12.2 Å². The van der Waals surface area contributed by atoms with Crippen LogP contribution in [-0.2, 0) is 16.1 Å². The number of ether oxygens (including phenoxy) is 1. The molecule has 0 aliphatic rings. The van der Waals surface area contributed by atoms with Gasteiger partial charge in [-0.15, -0.1) is 10.2 Å². The van der Waals surface area contributed by atoms with Crippen LogP contribution in [0.1, 0.15) is 23.1 Å². The standard InChI is InChI=1S/C20H19N3O2S/c1-2-25-14-18-22-23-20(26-18)21-19(24)17(16-11-7-4-8-12-16)13-15-9-5-3-6-10-15/h3-13H,2,14H2,1H3,(H,21,23,24). The topological polar surface area (TPSA) is 64.1 Å². The molecule has 1 aromatic heterocycles. The molecule has 132 valence electrons. The largest absolute Gasteiger partial charge is 0.374 e. The molecule has 1 amide bonds. The Morgan fingerprint density at radius 2 is 1.77 bits per heavy atom. The lowest BCUT2D eigenvalue weighted by atomic mass is 10.0. The van der Waals surface area contributed by atoms with Gasteiger partial charge in [-0.1, -0.05) is 72.0 Å². The third-order valence-corrected chi connectivity index (χ3v) is 4.37. The average Bonchev–Trinajstić information content (AvgIpc) is 3.13. The molecule has 2 aromatic carbocycles.